The van der Waals surface area contributed by atoms with Crippen LogP contribution in [0.2, 0.25) is 0 Å². The molecule has 2 aromatic carbocycles. The number of aliphatic hydroxyl groups is 1. The number of carboxylic acids is 1. The molecule has 5 heteroatoms. The van der Waals surface area contributed by atoms with Crippen LogP contribution >= 0.6 is 0 Å². The zero-order valence-corrected chi connectivity index (χ0v) is 9.97. The molecule has 19 heavy (non-hydrogen) atoms. The molecule has 96 valence electrons. The van der Waals surface area contributed by atoms with Crippen molar-refractivity contribution in [3.8, 4) is 0 Å². The molecule has 0 aromatic heterocycles. The van der Waals surface area contributed by atoms with Gasteiger partial charge in [0.25, 0.3) is 0 Å². The van der Waals surface area contributed by atoms with E-state index in [1.54, 1.807) is 24.3 Å². The van der Waals surface area contributed by atoms with Crippen LogP contribution in [0.4, 0.5) is 11.4 Å². The summed E-state index contributed by atoms with van der Waals surface area (Å²) in [7, 11) is 0. The predicted octanol–water partition coefficient (Wildman–Crippen LogP) is 3.22. The van der Waals surface area contributed by atoms with E-state index in [-0.39, 0.29) is 5.56 Å². The summed E-state index contributed by atoms with van der Waals surface area (Å²) in [6.07, 6.45) is -1.55. The van der Waals surface area contributed by atoms with Gasteiger partial charge in [0, 0.05) is 0 Å². The number of hydrogen-bond acceptors (Lipinski definition) is 4. The van der Waals surface area contributed by atoms with Crippen LogP contribution in [0, 0.1) is 0 Å². The van der Waals surface area contributed by atoms with Gasteiger partial charge in [-0.15, -0.1) is 0 Å². The van der Waals surface area contributed by atoms with Crippen molar-refractivity contribution in [1.82, 2.24) is 0 Å². The van der Waals surface area contributed by atoms with Crippen molar-refractivity contribution in [1.29, 1.82) is 0 Å². The second kappa shape index (κ2) is 5.88. The molecular weight excluding hydrogens is 244 g/mol. The van der Waals surface area contributed by atoms with E-state index in [4.69, 9.17) is 5.11 Å². The summed E-state index contributed by atoms with van der Waals surface area (Å²) in [5.41, 5.74) is 1.46. The number of hydrogen-bond donors (Lipinski definition) is 2. The van der Waals surface area contributed by atoms with E-state index in [0.29, 0.717) is 11.4 Å². The molecule has 2 aromatic rings. The van der Waals surface area contributed by atoms with E-state index in [9.17, 15) is 9.90 Å². The fraction of sp³-hybridized carbons (Fsp3) is 0.0714. The Morgan fingerprint density at radius 2 is 1.58 bits per heavy atom. The maximum atomic E-state index is 10.7. The third-order valence-electron chi connectivity index (χ3n) is 2.46. The van der Waals surface area contributed by atoms with Gasteiger partial charge in [0.05, 0.1) is 11.4 Å². The van der Waals surface area contributed by atoms with Gasteiger partial charge in [-0.3, -0.25) is 0 Å². The second-order valence-electron chi connectivity index (χ2n) is 3.87. The Balaban J connectivity index is 2.20. The first kappa shape index (κ1) is 12.9. The molecule has 0 saturated carbocycles. The number of nitrogens with zero attached hydrogens (tertiary/aromatic N) is 2. The van der Waals surface area contributed by atoms with Gasteiger partial charge in [-0.2, -0.15) is 10.2 Å². The molecule has 0 aliphatic heterocycles. The summed E-state index contributed by atoms with van der Waals surface area (Å²) in [6.45, 7) is 0. The normalized spacial score (nSPS) is 12.5. The summed E-state index contributed by atoms with van der Waals surface area (Å²) >= 11 is 0. The minimum atomic E-state index is -1.55. The smallest absolute Gasteiger partial charge is 0.337 e. The van der Waals surface area contributed by atoms with E-state index in [1.165, 1.54) is 12.1 Å². The number of azo groups is 1. The van der Waals surface area contributed by atoms with E-state index in [2.05, 4.69) is 10.2 Å². The largest absolute Gasteiger partial charge is 0.479 e. The highest BCUT2D eigenvalue weighted by Gasteiger charge is 2.15. The van der Waals surface area contributed by atoms with Crippen LogP contribution < -0.4 is 0 Å². The van der Waals surface area contributed by atoms with Crippen molar-refractivity contribution >= 4 is 17.3 Å². The maximum absolute atomic E-state index is 10.7. The number of aliphatic carboxylic acids is 1. The molecular formula is C14H12N2O3. The Morgan fingerprint density at radius 3 is 2.26 bits per heavy atom. The van der Waals surface area contributed by atoms with Crippen molar-refractivity contribution in [2.45, 2.75) is 6.10 Å². The lowest BCUT2D eigenvalue weighted by atomic mass is 10.1. The lowest BCUT2D eigenvalue weighted by Gasteiger charge is -2.05. The quantitative estimate of drug-likeness (QED) is 0.824. The van der Waals surface area contributed by atoms with Crippen LogP contribution in [-0.2, 0) is 4.79 Å². The van der Waals surface area contributed by atoms with Crippen molar-refractivity contribution < 1.29 is 15.0 Å². The summed E-state index contributed by atoms with van der Waals surface area (Å²) in [5.74, 6) is -1.29. The molecule has 0 bridgehead atoms. The third kappa shape index (κ3) is 3.46. The number of carboxylic acid groups (broad SMARTS) is 1. The first-order valence-electron chi connectivity index (χ1n) is 5.64. The number of rotatable bonds is 4. The molecule has 0 aliphatic rings. The van der Waals surface area contributed by atoms with Crippen molar-refractivity contribution in [2.24, 2.45) is 10.2 Å². The monoisotopic (exact) mass is 256 g/mol. The molecule has 0 saturated heterocycles. The Kier molecular flexibility index (Phi) is 4.00. The van der Waals surface area contributed by atoms with Gasteiger partial charge >= 0.3 is 5.97 Å². The fourth-order valence-corrected chi connectivity index (χ4v) is 1.51. The third-order valence-corrected chi connectivity index (χ3v) is 2.46. The number of carbonyl (C=O) groups is 1. The average Bonchev–Trinajstić information content (AvgIpc) is 2.45. The molecule has 0 amide bonds. The first-order chi connectivity index (χ1) is 9.16. The topological polar surface area (TPSA) is 82.2 Å². The molecule has 0 heterocycles. The predicted molar refractivity (Wildman–Crippen MR) is 69.7 cm³/mol. The molecule has 0 aliphatic carbocycles. The van der Waals surface area contributed by atoms with Crippen LogP contribution in [0.5, 0.6) is 0 Å². The molecule has 1 atom stereocenters. The summed E-state index contributed by atoms with van der Waals surface area (Å²) in [5, 5.41) is 26.2. The van der Waals surface area contributed by atoms with Gasteiger partial charge in [0.2, 0.25) is 0 Å². The Bertz CT molecular complexity index is 597. The van der Waals surface area contributed by atoms with Crippen LogP contribution in [0.25, 0.3) is 0 Å². The van der Waals surface area contributed by atoms with Crippen LogP contribution in [0.1, 0.15) is 11.7 Å². The zero-order chi connectivity index (χ0) is 13.7. The molecule has 2 N–H and O–H groups in total. The fourth-order valence-electron chi connectivity index (χ4n) is 1.51. The maximum Gasteiger partial charge on any atom is 0.337 e. The number of benzene rings is 2. The molecule has 0 radical (unpaired) electrons. The van der Waals surface area contributed by atoms with Crippen LogP contribution in [0.3, 0.4) is 0 Å². The minimum absolute atomic E-state index is 0.275. The second-order valence-corrected chi connectivity index (χ2v) is 3.87. The van der Waals surface area contributed by atoms with E-state index < -0.39 is 12.1 Å². The zero-order valence-electron chi connectivity index (χ0n) is 9.97. The van der Waals surface area contributed by atoms with Crippen LogP contribution in [0.15, 0.2) is 64.8 Å². The Morgan fingerprint density at radius 1 is 0.947 bits per heavy atom. The lowest BCUT2D eigenvalue weighted by molar-refractivity contribution is -0.146. The highest BCUT2D eigenvalue weighted by molar-refractivity contribution is 5.74. The van der Waals surface area contributed by atoms with E-state index in [0.717, 1.165) is 0 Å². The summed E-state index contributed by atoms with van der Waals surface area (Å²) < 4.78 is 0. The Labute approximate surface area is 109 Å². The molecule has 0 fully saturated rings. The molecule has 0 spiro atoms. The van der Waals surface area contributed by atoms with Crippen molar-refractivity contribution in [3.05, 3.63) is 60.2 Å². The first-order valence-corrected chi connectivity index (χ1v) is 5.64. The summed E-state index contributed by atoms with van der Waals surface area (Å²) in [4.78, 5) is 10.7. The SMILES string of the molecule is O=C(O)C(O)c1cccc(N=Nc2ccccc2)c1. The standard InChI is InChI=1S/C14H12N2O3/c17-13(14(18)19)10-5-4-8-12(9-10)16-15-11-6-2-1-3-7-11/h1-9,13,17H,(H,18,19). The van der Waals surface area contributed by atoms with Crippen molar-refractivity contribution in [3.63, 3.8) is 0 Å². The lowest BCUT2D eigenvalue weighted by Crippen LogP contribution is -2.09. The van der Waals surface area contributed by atoms with Crippen molar-refractivity contribution in [2.75, 3.05) is 0 Å². The molecule has 1 unspecified atom stereocenters. The van der Waals surface area contributed by atoms with Gasteiger partial charge in [0.1, 0.15) is 0 Å². The van der Waals surface area contributed by atoms with Gasteiger partial charge in [-0.25, -0.2) is 4.79 Å². The highest BCUT2D eigenvalue weighted by atomic mass is 16.4. The number of aliphatic hydroxyl groups excluding tert-OH is 1. The minimum Gasteiger partial charge on any atom is -0.479 e. The average molecular weight is 256 g/mol. The molecule has 2 rings (SSSR count). The van der Waals surface area contributed by atoms with Gasteiger partial charge in [0.15, 0.2) is 6.10 Å². The van der Waals surface area contributed by atoms with E-state index >= 15 is 0 Å². The van der Waals surface area contributed by atoms with Crippen LogP contribution in [-0.4, -0.2) is 16.2 Å². The van der Waals surface area contributed by atoms with Gasteiger partial charge in [-0.05, 0) is 29.8 Å². The highest BCUT2D eigenvalue weighted by Crippen LogP contribution is 2.22. The van der Waals surface area contributed by atoms with Gasteiger partial charge < -0.3 is 10.2 Å². The summed E-state index contributed by atoms with van der Waals surface area (Å²) in [6, 6.07) is 15.5. The molecule has 5 nitrogen and oxygen atoms in total. The Hall–Kier alpha value is -2.53. The van der Waals surface area contributed by atoms with Gasteiger partial charge in [-0.1, -0.05) is 30.3 Å². The van der Waals surface area contributed by atoms with E-state index in [1.807, 2.05) is 18.2 Å².